The van der Waals surface area contributed by atoms with E-state index in [0.717, 1.165) is 18.9 Å². The van der Waals surface area contributed by atoms with E-state index < -0.39 is 23.7 Å². The summed E-state index contributed by atoms with van der Waals surface area (Å²) in [6, 6.07) is 2.12. The summed E-state index contributed by atoms with van der Waals surface area (Å²) < 4.78 is 19.0. The molecule has 0 radical (unpaired) electrons. The molecule has 1 aromatic heterocycles. The zero-order chi connectivity index (χ0) is 17.4. The summed E-state index contributed by atoms with van der Waals surface area (Å²) in [5.41, 5.74) is 0.457. The molecule has 24 heavy (non-hydrogen) atoms. The van der Waals surface area contributed by atoms with Gasteiger partial charge in [-0.25, -0.2) is 14.2 Å². The second-order valence-corrected chi connectivity index (χ2v) is 6.07. The van der Waals surface area contributed by atoms with E-state index in [-0.39, 0.29) is 22.3 Å². The van der Waals surface area contributed by atoms with Crippen molar-refractivity contribution in [3.05, 3.63) is 51.9 Å². The lowest BCUT2D eigenvalue weighted by Gasteiger charge is -2.14. The first-order valence-electron chi connectivity index (χ1n) is 7.32. The van der Waals surface area contributed by atoms with Crippen LogP contribution in [0.15, 0.2) is 22.6 Å². The first-order valence-corrected chi connectivity index (χ1v) is 7.70. The van der Waals surface area contributed by atoms with Gasteiger partial charge in [-0.3, -0.25) is 4.79 Å². The minimum atomic E-state index is -1.43. The summed E-state index contributed by atoms with van der Waals surface area (Å²) in [6.07, 6.45) is 1.92. The highest BCUT2D eigenvalue weighted by molar-refractivity contribution is 6.30. The number of benzene rings is 1. The van der Waals surface area contributed by atoms with Crippen LogP contribution in [-0.2, 0) is 4.79 Å². The maximum Gasteiger partial charge on any atom is 0.330 e. The van der Waals surface area contributed by atoms with Crippen molar-refractivity contribution in [3.8, 4) is 0 Å². The number of carbonyl (C=O) groups excluding carboxylic acids is 1. The third-order valence-corrected chi connectivity index (χ3v) is 4.05. The molecule has 1 heterocycles. The van der Waals surface area contributed by atoms with Crippen LogP contribution in [0, 0.1) is 12.7 Å². The summed E-state index contributed by atoms with van der Waals surface area (Å²) in [5.74, 6) is -2.12. The molecule has 1 aromatic carbocycles. The maximum atomic E-state index is 13.6. The Morgan fingerprint density at radius 1 is 1.46 bits per heavy atom. The van der Waals surface area contributed by atoms with Crippen LogP contribution in [0.2, 0.25) is 5.02 Å². The molecule has 1 amide bonds. The van der Waals surface area contributed by atoms with E-state index in [4.69, 9.17) is 16.0 Å². The SMILES string of the molecule is Cc1nc(C2CC2)oc1C(=O)NC(C(=O)O)c1ccc(Cl)c(F)c1. The third kappa shape index (κ3) is 3.26. The first-order chi connectivity index (χ1) is 11.4. The Balaban J connectivity index is 1.83. The Labute approximate surface area is 141 Å². The molecule has 1 fully saturated rings. The van der Waals surface area contributed by atoms with Crippen LogP contribution in [0.3, 0.4) is 0 Å². The molecule has 0 aliphatic heterocycles. The summed E-state index contributed by atoms with van der Waals surface area (Å²) >= 11 is 5.59. The number of nitrogens with one attached hydrogen (secondary N) is 1. The summed E-state index contributed by atoms with van der Waals surface area (Å²) in [7, 11) is 0. The molecule has 1 saturated carbocycles. The van der Waals surface area contributed by atoms with Crippen molar-refractivity contribution in [2.24, 2.45) is 0 Å². The highest BCUT2D eigenvalue weighted by atomic mass is 35.5. The summed E-state index contributed by atoms with van der Waals surface area (Å²) in [5, 5.41) is 11.5. The van der Waals surface area contributed by atoms with Gasteiger partial charge in [0.05, 0.1) is 10.7 Å². The fourth-order valence-corrected chi connectivity index (χ4v) is 2.43. The van der Waals surface area contributed by atoms with Gasteiger partial charge in [-0.1, -0.05) is 17.7 Å². The first kappa shape index (κ1) is 16.4. The Morgan fingerprint density at radius 2 is 2.17 bits per heavy atom. The van der Waals surface area contributed by atoms with Gasteiger partial charge in [0.15, 0.2) is 11.9 Å². The highest BCUT2D eigenvalue weighted by Crippen LogP contribution is 2.40. The van der Waals surface area contributed by atoms with Gasteiger partial charge in [0, 0.05) is 5.92 Å². The number of carboxylic acid groups (broad SMARTS) is 1. The number of hydrogen-bond acceptors (Lipinski definition) is 4. The van der Waals surface area contributed by atoms with E-state index in [2.05, 4.69) is 10.3 Å². The van der Waals surface area contributed by atoms with Crippen molar-refractivity contribution >= 4 is 23.5 Å². The van der Waals surface area contributed by atoms with E-state index in [1.807, 2.05) is 0 Å². The number of rotatable bonds is 5. The van der Waals surface area contributed by atoms with Crippen molar-refractivity contribution in [3.63, 3.8) is 0 Å². The van der Waals surface area contributed by atoms with Crippen molar-refractivity contribution in [2.75, 3.05) is 0 Å². The van der Waals surface area contributed by atoms with Gasteiger partial charge in [-0.15, -0.1) is 0 Å². The Kier molecular flexibility index (Phi) is 4.28. The van der Waals surface area contributed by atoms with E-state index in [1.54, 1.807) is 6.92 Å². The van der Waals surface area contributed by atoms with Gasteiger partial charge in [0.25, 0.3) is 5.91 Å². The van der Waals surface area contributed by atoms with Crippen molar-refractivity contribution in [1.29, 1.82) is 0 Å². The zero-order valence-corrected chi connectivity index (χ0v) is 13.4. The molecule has 3 rings (SSSR count). The number of hydrogen-bond donors (Lipinski definition) is 2. The van der Waals surface area contributed by atoms with Crippen LogP contribution < -0.4 is 5.32 Å². The number of amides is 1. The van der Waals surface area contributed by atoms with Crippen molar-refractivity contribution in [1.82, 2.24) is 10.3 Å². The fraction of sp³-hybridized carbons (Fsp3) is 0.312. The average molecular weight is 353 g/mol. The van der Waals surface area contributed by atoms with E-state index >= 15 is 0 Å². The molecule has 0 bridgehead atoms. The predicted octanol–water partition coefficient (Wildman–Crippen LogP) is 3.21. The number of aryl methyl sites for hydroxylation is 1. The Morgan fingerprint density at radius 3 is 2.75 bits per heavy atom. The van der Waals surface area contributed by atoms with E-state index in [1.165, 1.54) is 12.1 Å². The van der Waals surface area contributed by atoms with Crippen LogP contribution in [0.5, 0.6) is 0 Å². The van der Waals surface area contributed by atoms with Gasteiger partial charge in [-0.05, 0) is 37.5 Å². The van der Waals surface area contributed by atoms with Crippen LogP contribution in [-0.4, -0.2) is 22.0 Å². The molecular weight excluding hydrogens is 339 g/mol. The van der Waals surface area contributed by atoms with E-state index in [9.17, 15) is 19.1 Å². The van der Waals surface area contributed by atoms with Gasteiger partial charge in [0.1, 0.15) is 5.82 Å². The second-order valence-electron chi connectivity index (χ2n) is 5.66. The number of carbonyl (C=O) groups is 2. The predicted molar refractivity (Wildman–Crippen MR) is 82.5 cm³/mol. The van der Waals surface area contributed by atoms with Crippen LogP contribution in [0.25, 0.3) is 0 Å². The van der Waals surface area contributed by atoms with Gasteiger partial charge in [-0.2, -0.15) is 0 Å². The number of aliphatic carboxylic acids is 1. The number of nitrogens with zero attached hydrogens (tertiary/aromatic N) is 1. The van der Waals surface area contributed by atoms with Crippen LogP contribution >= 0.6 is 11.6 Å². The maximum absolute atomic E-state index is 13.6. The smallest absolute Gasteiger partial charge is 0.330 e. The quantitative estimate of drug-likeness (QED) is 0.862. The molecule has 6 nitrogen and oxygen atoms in total. The monoisotopic (exact) mass is 352 g/mol. The van der Waals surface area contributed by atoms with Crippen LogP contribution in [0.1, 0.15) is 52.5 Å². The van der Waals surface area contributed by atoms with Gasteiger partial charge in [0.2, 0.25) is 5.76 Å². The molecular formula is C16H14ClFN2O4. The molecule has 0 saturated heterocycles. The normalized spacial score (nSPS) is 15.1. The average Bonchev–Trinajstić information content (AvgIpc) is 3.30. The lowest BCUT2D eigenvalue weighted by molar-refractivity contribution is -0.139. The molecule has 0 spiro atoms. The molecule has 126 valence electrons. The van der Waals surface area contributed by atoms with Crippen LogP contribution in [0.4, 0.5) is 4.39 Å². The number of carboxylic acids is 1. The highest BCUT2D eigenvalue weighted by Gasteiger charge is 2.32. The Hall–Kier alpha value is -2.41. The second kappa shape index (κ2) is 6.24. The topological polar surface area (TPSA) is 92.4 Å². The molecule has 2 N–H and O–H groups in total. The molecule has 8 heteroatoms. The standard InChI is InChI=1S/C16H14ClFN2O4/c1-7-13(24-15(19-7)8-2-3-8)14(21)20-12(16(22)23)9-4-5-10(17)11(18)6-9/h4-6,8,12H,2-3H2,1H3,(H,20,21)(H,22,23). The van der Waals surface area contributed by atoms with Crippen molar-refractivity contribution < 1.29 is 23.5 Å². The third-order valence-electron chi connectivity index (χ3n) is 3.75. The number of oxazole rings is 1. The minimum absolute atomic E-state index is 0.0300. The zero-order valence-electron chi connectivity index (χ0n) is 12.7. The fourth-order valence-electron chi connectivity index (χ4n) is 2.31. The van der Waals surface area contributed by atoms with Gasteiger partial charge < -0.3 is 14.8 Å². The number of halogens is 2. The molecule has 1 unspecified atom stereocenters. The summed E-state index contributed by atoms with van der Waals surface area (Å²) in [6.45, 7) is 1.61. The molecule has 2 aromatic rings. The lowest BCUT2D eigenvalue weighted by atomic mass is 10.1. The Bertz CT molecular complexity index is 816. The van der Waals surface area contributed by atoms with E-state index in [0.29, 0.717) is 11.6 Å². The minimum Gasteiger partial charge on any atom is -0.479 e. The molecule has 1 aliphatic rings. The van der Waals surface area contributed by atoms with Gasteiger partial charge >= 0.3 is 5.97 Å². The molecule has 1 atom stereocenters. The number of aromatic nitrogens is 1. The van der Waals surface area contributed by atoms with Crippen molar-refractivity contribution in [2.45, 2.75) is 31.7 Å². The molecule has 1 aliphatic carbocycles. The lowest BCUT2D eigenvalue weighted by Crippen LogP contribution is -2.34. The summed E-state index contributed by atoms with van der Waals surface area (Å²) in [4.78, 5) is 28.0. The largest absolute Gasteiger partial charge is 0.479 e.